The predicted molar refractivity (Wildman–Crippen MR) is 80.2 cm³/mol. The Morgan fingerprint density at radius 1 is 1.17 bits per heavy atom. The van der Waals surface area contributed by atoms with Crippen LogP contribution < -0.4 is 5.32 Å². The highest BCUT2D eigenvalue weighted by Crippen LogP contribution is 2.30. The van der Waals surface area contributed by atoms with Crippen molar-refractivity contribution >= 4 is 11.9 Å². The molecule has 1 aromatic rings. The van der Waals surface area contributed by atoms with Crippen molar-refractivity contribution < 1.29 is 24.0 Å². The van der Waals surface area contributed by atoms with E-state index in [9.17, 15) is 14.7 Å². The second kappa shape index (κ2) is 6.70. The standard InChI is InChI=1S/C16H22N2O5/c19-14(13-11-4-2-1-3-5-12(11)23-18-13)17-10-16(15(20)21)6-8-22-9-7-16/h1-10H2,(H,17,19)(H,20,21). The molecule has 2 aliphatic rings. The maximum Gasteiger partial charge on any atom is 0.311 e. The molecule has 0 aromatic carbocycles. The van der Waals surface area contributed by atoms with Crippen LogP contribution in [-0.2, 0) is 22.4 Å². The van der Waals surface area contributed by atoms with Gasteiger partial charge in [-0.15, -0.1) is 0 Å². The van der Waals surface area contributed by atoms with Crippen LogP contribution in [0.15, 0.2) is 4.52 Å². The highest BCUT2D eigenvalue weighted by Gasteiger charge is 2.40. The van der Waals surface area contributed by atoms with Crippen LogP contribution in [0.2, 0.25) is 0 Å². The summed E-state index contributed by atoms with van der Waals surface area (Å²) in [6, 6.07) is 0. The van der Waals surface area contributed by atoms with Gasteiger partial charge in [-0.3, -0.25) is 9.59 Å². The highest BCUT2D eigenvalue weighted by atomic mass is 16.5. The first-order valence-corrected chi connectivity index (χ1v) is 8.19. The molecule has 126 valence electrons. The van der Waals surface area contributed by atoms with Gasteiger partial charge in [0.1, 0.15) is 5.76 Å². The van der Waals surface area contributed by atoms with Crippen molar-refractivity contribution in [1.29, 1.82) is 0 Å². The molecule has 7 heteroatoms. The van der Waals surface area contributed by atoms with Crippen LogP contribution in [0.1, 0.15) is 53.9 Å². The van der Waals surface area contributed by atoms with Gasteiger partial charge in [-0.1, -0.05) is 11.6 Å². The molecule has 2 N–H and O–H groups in total. The number of carboxylic acid groups (broad SMARTS) is 1. The number of carbonyl (C=O) groups excluding carboxylic acids is 1. The Balaban J connectivity index is 1.69. The number of nitrogens with zero attached hydrogens (tertiary/aromatic N) is 1. The number of ether oxygens (including phenoxy) is 1. The van der Waals surface area contributed by atoms with E-state index < -0.39 is 11.4 Å². The minimum atomic E-state index is -0.950. The van der Waals surface area contributed by atoms with E-state index in [0.717, 1.165) is 43.4 Å². The van der Waals surface area contributed by atoms with Crippen molar-refractivity contribution in [3.8, 4) is 0 Å². The van der Waals surface area contributed by atoms with Gasteiger partial charge in [0.05, 0.1) is 5.41 Å². The molecule has 1 aliphatic carbocycles. The lowest BCUT2D eigenvalue weighted by molar-refractivity contribution is -0.154. The zero-order valence-electron chi connectivity index (χ0n) is 13.1. The van der Waals surface area contributed by atoms with E-state index in [4.69, 9.17) is 9.26 Å². The number of hydrogen-bond acceptors (Lipinski definition) is 5. The highest BCUT2D eigenvalue weighted by molar-refractivity contribution is 5.94. The maximum atomic E-state index is 12.4. The van der Waals surface area contributed by atoms with Crippen LogP contribution in [0, 0.1) is 5.41 Å². The number of aryl methyl sites for hydroxylation is 1. The van der Waals surface area contributed by atoms with Gasteiger partial charge in [-0.25, -0.2) is 0 Å². The van der Waals surface area contributed by atoms with Crippen LogP contribution in [-0.4, -0.2) is 41.9 Å². The minimum Gasteiger partial charge on any atom is -0.481 e. The molecule has 2 heterocycles. The fraction of sp³-hybridized carbons (Fsp3) is 0.688. The van der Waals surface area contributed by atoms with Gasteiger partial charge in [0.15, 0.2) is 5.69 Å². The average Bonchev–Trinajstić information content (AvgIpc) is 2.82. The molecule has 3 rings (SSSR count). The summed E-state index contributed by atoms with van der Waals surface area (Å²) in [5.41, 5.74) is 0.250. The van der Waals surface area contributed by atoms with Crippen molar-refractivity contribution in [3.63, 3.8) is 0 Å². The molecule has 0 bridgehead atoms. The Morgan fingerprint density at radius 2 is 1.91 bits per heavy atom. The molecule has 23 heavy (non-hydrogen) atoms. The van der Waals surface area contributed by atoms with Gasteiger partial charge in [0.25, 0.3) is 5.91 Å². The van der Waals surface area contributed by atoms with Gasteiger partial charge in [0, 0.05) is 31.7 Å². The Morgan fingerprint density at radius 3 is 2.65 bits per heavy atom. The molecule has 1 amide bonds. The Labute approximate surface area is 134 Å². The number of fused-ring (bicyclic) bond motifs is 1. The van der Waals surface area contributed by atoms with Gasteiger partial charge in [0.2, 0.25) is 0 Å². The summed E-state index contributed by atoms with van der Waals surface area (Å²) in [5.74, 6) is -0.434. The van der Waals surface area contributed by atoms with E-state index in [-0.39, 0.29) is 12.5 Å². The van der Waals surface area contributed by atoms with E-state index in [0.29, 0.717) is 31.7 Å². The van der Waals surface area contributed by atoms with E-state index >= 15 is 0 Å². The lowest BCUT2D eigenvalue weighted by atomic mass is 9.80. The molecule has 1 aromatic heterocycles. The smallest absolute Gasteiger partial charge is 0.311 e. The second-order valence-electron chi connectivity index (χ2n) is 6.37. The predicted octanol–water partition coefficient (Wildman–Crippen LogP) is 1.55. The van der Waals surface area contributed by atoms with E-state index in [1.54, 1.807) is 0 Å². The topological polar surface area (TPSA) is 102 Å². The lowest BCUT2D eigenvalue weighted by Gasteiger charge is -2.33. The van der Waals surface area contributed by atoms with Crippen LogP contribution in [0.3, 0.4) is 0 Å². The molecular formula is C16H22N2O5. The zero-order chi connectivity index (χ0) is 16.3. The van der Waals surface area contributed by atoms with Crippen LogP contribution in [0.4, 0.5) is 0 Å². The van der Waals surface area contributed by atoms with Crippen LogP contribution >= 0.6 is 0 Å². The number of hydrogen-bond donors (Lipinski definition) is 2. The second-order valence-corrected chi connectivity index (χ2v) is 6.37. The summed E-state index contributed by atoms with van der Waals surface area (Å²) < 4.78 is 10.5. The van der Waals surface area contributed by atoms with E-state index in [1.807, 2.05) is 0 Å². The SMILES string of the molecule is O=C(NCC1(C(=O)O)CCOCC1)c1noc2c1CCCCC2. The molecule has 0 radical (unpaired) electrons. The van der Waals surface area contributed by atoms with Crippen molar-refractivity contribution in [2.24, 2.45) is 5.41 Å². The van der Waals surface area contributed by atoms with Crippen molar-refractivity contribution in [1.82, 2.24) is 10.5 Å². The van der Waals surface area contributed by atoms with Gasteiger partial charge < -0.3 is 19.7 Å². The lowest BCUT2D eigenvalue weighted by Crippen LogP contribution is -2.46. The Kier molecular flexibility index (Phi) is 4.66. The summed E-state index contributed by atoms with van der Waals surface area (Å²) in [7, 11) is 0. The molecular weight excluding hydrogens is 300 g/mol. The molecule has 0 unspecified atom stereocenters. The number of aliphatic carboxylic acids is 1. The van der Waals surface area contributed by atoms with Gasteiger partial charge in [-0.05, 0) is 32.1 Å². The summed E-state index contributed by atoms with van der Waals surface area (Å²) in [6.45, 7) is 0.898. The molecule has 1 fully saturated rings. The van der Waals surface area contributed by atoms with Crippen LogP contribution in [0.25, 0.3) is 0 Å². The molecule has 0 atom stereocenters. The fourth-order valence-electron chi connectivity index (χ4n) is 3.30. The summed E-state index contributed by atoms with van der Waals surface area (Å²) in [5, 5.41) is 16.2. The number of nitrogens with one attached hydrogen (secondary N) is 1. The first kappa shape index (κ1) is 16.0. The third-order valence-corrected chi connectivity index (χ3v) is 4.91. The average molecular weight is 322 g/mol. The number of aromatic nitrogens is 1. The molecule has 0 saturated carbocycles. The third kappa shape index (κ3) is 3.24. The van der Waals surface area contributed by atoms with E-state index in [1.165, 1.54) is 0 Å². The largest absolute Gasteiger partial charge is 0.481 e. The summed E-state index contributed by atoms with van der Waals surface area (Å²) in [4.78, 5) is 24.1. The Hall–Kier alpha value is -1.89. The minimum absolute atomic E-state index is 0.0894. The number of rotatable bonds is 4. The first-order valence-electron chi connectivity index (χ1n) is 8.19. The summed E-state index contributed by atoms with van der Waals surface area (Å²) >= 11 is 0. The molecule has 7 nitrogen and oxygen atoms in total. The first-order chi connectivity index (χ1) is 11.1. The van der Waals surface area contributed by atoms with E-state index in [2.05, 4.69) is 10.5 Å². The number of carbonyl (C=O) groups is 2. The van der Waals surface area contributed by atoms with Gasteiger partial charge in [-0.2, -0.15) is 0 Å². The quantitative estimate of drug-likeness (QED) is 0.816. The van der Waals surface area contributed by atoms with Crippen molar-refractivity contribution in [2.45, 2.75) is 44.9 Å². The van der Waals surface area contributed by atoms with Crippen molar-refractivity contribution in [2.75, 3.05) is 19.8 Å². The van der Waals surface area contributed by atoms with Gasteiger partial charge >= 0.3 is 5.97 Å². The third-order valence-electron chi connectivity index (χ3n) is 4.91. The van der Waals surface area contributed by atoms with Crippen molar-refractivity contribution in [3.05, 3.63) is 17.0 Å². The fourth-order valence-corrected chi connectivity index (χ4v) is 3.30. The van der Waals surface area contributed by atoms with Crippen LogP contribution in [0.5, 0.6) is 0 Å². The summed E-state index contributed by atoms with van der Waals surface area (Å²) in [6.07, 6.45) is 5.59. The number of amides is 1. The normalized spacial score (nSPS) is 20.3. The number of carboxylic acids is 1. The molecule has 0 spiro atoms. The zero-order valence-corrected chi connectivity index (χ0v) is 13.1. The monoisotopic (exact) mass is 322 g/mol. The molecule has 1 saturated heterocycles. The maximum absolute atomic E-state index is 12.4. The Bertz CT molecular complexity index is 589. The molecule has 1 aliphatic heterocycles.